The van der Waals surface area contributed by atoms with Gasteiger partial charge in [0.05, 0.1) is 4.99 Å². The van der Waals surface area contributed by atoms with Crippen LogP contribution in [0.15, 0.2) is 18.2 Å². The van der Waals surface area contributed by atoms with Gasteiger partial charge in [0.25, 0.3) is 0 Å². The Kier molecular flexibility index (Phi) is 4.79. The van der Waals surface area contributed by atoms with Crippen LogP contribution in [0.1, 0.15) is 5.56 Å². The molecule has 0 aliphatic carbocycles. The van der Waals surface area contributed by atoms with Crippen LogP contribution >= 0.6 is 12.2 Å². The van der Waals surface area contributed by atoms with Crippen LogP contribution in [0, 0.1) is 11.6 Å². The molecule has 1 saturated heterocycles. The fourth-order valence-electron chi connectivity index (χ4n) is 2.29. The number of benzene rings is 1. The van der Waals surface area contributed by atoms with Crippen molar-refractivity contribution >= 4 is 17.2 Å². The van der Waals surface area contributed by atoms with Crippen molar-refractivity contribution in [1.29, 1.82) is 0 Å². The minimum absolute atomic E-state index is 0.501. The Balaban J connectivity index is 1.86. The van der Waals surface area contributed by atoms with Crippen molar-refractivity contribution in [2.45, 2.75) is 6.54 Å². The predicted molar refractivity (Wildman–Crippen MR) is 74.9 cm³/mol. The lowest BCUT2D eigenvalue weighted by Crippen LogP contribution is -2.48. The summed E-state index contributed by atoms with van der Waals surface area (Å²) < 4.78 is 26.2. The van der Waals surface area contributed by atoms with Crippen LogP contribution in [0.2, 0.25) is 0 Å². The molecule has 0 radical (unpaired) electrons. The third kappa shape index (κ3) is 4.49. The van der Waals surface area contributed by atoms with E-state index in [-0.39, 0.29) is 0 Å². The van der Waals surface area contributed by atoms with Crippen molar-refractivity contribution in [3.05, 3.63) is 35.4 Å². The maximum absolute atomic E-state index is 13.1. The standard InChI is InChI=1S/C13H17F2N3S/c14-11-5-10(6-12(15)7-11)8-17-1-3-18(4-2-17)9-13(16)19/h5-7H,1-4,8-9H2,(H2,16,19). The van der Waals surface area contributed by atoms with E-state index in [0.717, 1.165) is 32.2 Å². The van der Waals surface area contributed by atoms with Crippen molar-refractivity contribution in [3.63, 3.8) is 0 Å². The number of piperazine rings is 1. The van der Waals surface area contributed by atoms with Gasteiger partial charge in [0.1, 0.15) is 11.6 Å². The van der Waals surface area contributed by atoms with Gasteiger partial charge in [-0.1, -0.05) is 12.2 Å². The van der Waals surface area contributed by atoms with Gasteiger partial charge in [-0.05, 0) is 17.7 Å². The predicted octanol–water partition coefficient (Wildman–Crippen LogP) is 1.37. The number of rotatable bonds is 4. The molecular weight excluding hydrogens is 268 g/mol. The molecular formula is C13H17F2N3S. The van der Waals surface area contributed by atoms with Gasteiger partial charge in [0.2, 0.25) is 0 Å². The van der Waals surface area contributed by atoms with Gasteiger partial charge in [0.15, 0.2) is 0 Å². The number of nitrogens with zero attached hydrogens (tertiary/aromatic N) is 2. The Bertz CT molecular complexity index is 439. The Morgan fingerprint density at radius 3 is 2.11 bits per heavy atom. The Morgan fingerprint density at radius 1 is 1.05 bits per heavy atom. The molecule has 2 N–H and O–H groups in total. The smallest absolute Gasteiger partial charge is 0.126 e. The molecule has 19 heavy (non-hydrogen) atoms. The molecule has 0 atom stereocenters. The lowest BCUT2D eigenvalue weighted by molar-refractivity contribution is 0.140. The molecule has 6 heteroatoms. The average Bonchev–Trinajstić information content (AvgIpc) is 2.29. The minimum atomic E-state index is -0.526. The average molecular weight is 285 g/mol. The molecule has 1 aromatic carbocycles. The SMILES string of the molecule is NC(=S)CN1CCN(Cc2cc(F)cc(F)c2)CC1. The van der Waals surface area contributed by atoms with Gasteiger partial charge in [-0.3, -0.25) is 9.80 Å². The summed E-state index contributed by atoms with van der Waals surface area (Å²) in [6.07, 6.45) is 0. The Hall–Kier alpha value is -1.11. The first kappa shape index (κ1) is 14.3. The molecule has 0 amide bonds. The van der Waals surface area contributed by atoms with Crippen LogP contribution in [0.4, 0.5) is 8.78 Å². The summed E-state index contributed by atoms with van der Waals surface area (Å²) in [4.78, 5) is 4.86. The highest BCUT2D eigenvalue weighted by molar-refractivity contribution is 7.80. The summed E-state index contributed by atoms with van der Waals surface area (Å²) in [5, 5.41) is 0. The van der Waals surface area contributed by atoms with Gasteiger partial charge in [-0.2, -0.15) is 0 Å². The molecule has 0 spiro atoms. The highest BCUT2D eigenvalue weighted by Gasteiger charge is 2.17. The maximum atomic E-state index is 13.1. The molecule has 3 nitrogen and oxygen atoms in total. The number of thiocarbonyl (C=S) groups is 1. The van der Waals surface area contributed by atoms with E-state index in [9.17, 15) is 8.78 Å². The third-order valence-electron chi connectivity index (χ3n) is 3.17. The lowest BCUT2D eigenvalue weighted by Gasteiger charge is -2.34. The normalized spacial score (nSPS) is 17.6. The monoisotopic (exact) mass is 285 g/mol. The van der Waals surface area contributed by atoms with Crippen molar-refractivity contribution in [2.24, 2.45) is 5.73 Å². The molecule has 0 unspecified atom stereocenters. The van der Waals surface area contributed by atoms with E-state index >= 15 is 0 Å². The number of hydrogen-bond acceptors (Lipinski definition) is 3. The van der Waals surface area contributed by atoms with E-state index in [1.54, 1.807) is 0 Å². The molecule has 104 valence electrons. The van der Waals surface area contributed by atoms with Gasteiger partial charge in [-0.25, -0.2) is 8.78 Å². The molecule has 1 aliphatic heterocycles. The third-order valence-corrected chi connectivity index (χ3v) is 3.30. The number of halogens is 2. The topological polar surface area (TPSA) is 32.5 Å². The Morgan fingerprint density at radius 2 is 1.58 bits per heavy atom. The molecule has 1 aromatic rings. The second-order valence-corrected chi connectivity index (χ2v) is 5.32. The van der Waals surface area contributed by atoms with Gasteiger partial charge < -0.3 is 5.73 Å². The summed E-state index contributed by atoms with van der Waals surface area (Å²) in [5.41, 5.74) is 6.17. The van der Waals surface area contributed by atoms with E-state index in [1.165, 1.54) is 12.1 Å². The van der Waals surface area contributed by atoms with Crippen molar-refractivity contribution in [1.82, 2.24) is 9.80 Å². The number of nitrogens with two attached hydrogens (primary N) is 1. The van der Waals surface area contributed by atoms with Gasteiger partial charge in [0, 0.05) is 45.3 Å². The fourth-order valence-corrected chi connectivity index (χ4v) is 2.47. The van der Waals surface area contributed by atoms with Crippen molar-refractivity contribution < 1.29 is 8.78 Å². The largest absolute Gasteiger partial charge is 0.392 e. The lowest BCUT2D eigenvalue weighted by atomic mass is 10.2. The summed E-state index contributed by atoms with van der Waals surface area (Å²) in [7, 11) is 0. The van der Waals surface area contributed by atoms with E-state index in [0.29, 0.717) is 23.6 Å². The molecule has 1 heterocycles. The first-order chi connectivity index (χ1) is 9.02. The summed E-state index contributed by atoms with van der Waals surface area (Å²) in [5.74, 6) is -1.05. The quantitative estimate of drug-likeness (QED) is 0.847. The van der Waals surface area contributed by atoms with Crippen LogP contribution in [0.5, 0.6) is 0 Å². The van der Waals surface area contributed by atoms with E-state index in [2.05, 4.69) is 9.80 Å². The first-order valence-corrected chi connectivity index (χ1v) is 6.62. The fraction of sp³-hybridized carbons (Fsp3) is 0.462. The Labute approximate surface area is 117 Å². The summed E-state index contributed by atoms with van der Waals surface area (Å²) >= 11 is 4.88. The zero-order valence-electron chi connectivity index (χ0n) is 10.6. The van der Waals surface area contributed by atoms with Crippen molar-refractivity contribution in [3.8, 4) is 0 Å². The van der Waals surface area contributed by atoms with Crippen LogP contribution in [-0.2, 0) is 6.54 Å². The van der Waals surface area contributed by atoms with E-state index in [1.807, 2.05) is 0 Å². The van der Waals surface area contributed by atoms with Crippen LogP contribution in [0.3, 0.4) is 0 Å². The zero-order valence-corrected chi connectivity index (χ0v) is 11.4. The first-order valence-electron chi connectivity index (χ1n) is 6.21. The van der Waals surface area contributed by atoms with Crippen LogP contribution in [0.25, 0.3) is 0 Å². The second kappa shape index (κ2) is 6.36. The number of hydrogen-bond donors (Lipinski definition) is 1. The highest BCUT2D eigenvalue weighted by atomic mass is 32.1. The zero-order chi connectivity index (χ0) is 13.8. The molecule has 0 aromatic heterocycles. The summed E-state index contributed by atoms with van der Waals surface area (Å²) in [6, 6.07) is 3.65. The highest BCUT2D eigenvalue weighted by Crippen LogP contribution is 2.12. The van der Waals surface area contributed by atoms with Crippen LogP contribution < -0.4 is 5.73 Å². The molecule has 0 bridgehead atoms. The van der Waals surface area contributed by atoms with E-state index < -0.39 is 11.6 Å². The van der Waals surface area contributed by atoms with E-state index in [4.69, 9.17) is 18.0 Å². The van der Waals surface area contributed by atoms with Crippen LogP contribution in [-0.4, -0.2) is 47.5 Å². The van der Waals surface area contributed by atoms with Crippen molar-refractivity contribution in [2.75, 3.05) is 32.7 Å². The second-order valence-electron chi connectivity index (χ2n) is 4.80. The maximum Gasteiger partial charge on any atom is 0.126 e. The molecule has 2 rings (SSSR count). The molecule has 0 saturated carbocycles. The molecule has 1 aliphatic rings. The minimum Gasteiger partial charge on any atom is -0.392 e. The van der Waals surface area contributed by atoms with Gasteiger partial charge >= 0.3 is 0 Å². The van der Waals surface area contributed by atoms with Gasteiger partial charge in [-0.15, -0.1) is 0 Å². The summed E-state index contributed by atoms with van der Waals surface area (Å²) in [6.45, 7) is 4.64. The molecule has 1 fully saturated rings.